The zero-order valence-electron chi connectivity index (χ0n) is 9.66. The summed E-state index contributed by atoms with van der Waals surface area (Å²) in [6.07, 6.45) is 2.42. The van der Waals surface area contributed by atoms with E-state index in [1.54, 1.807) is 6.20 Å². The van der Waals surface area contributed by atoms with E-state index in [9.17, 15) is 4.79 Å². The van der Waals surface area contributed by atoms with Gasteiger partial charge in [0.25, 0.3) is 0 Å². The minimum atomic E-state index is -0.272. The first kappa shape index (κ1) is 12.9. The van der Waals surface area contributed by atoms with Crippen LogP contribution in [0.25, 0.3) is 0 Å². The van der Waals surface area contributed by atoms with Crippen LogP contribution in [0.5, 0.6) is 0 Å². The van der Waals surface area contributed by atoms with Gasteiger partial charge < -0.3 is 4.74 Å². The Bertz CT molecular complexity index is 380. The van der Waals surface area contributed by atoms with Crippen LogP contribution in [0.2, 0.25) is 5.15 Å². The molecule has 0 aromatic carbocycles. The van der Waals surface area contributed by atoms with Crippen molar-refractivity contribution in [3.05, 3.63) is 22.7 Å². The van der Waals surface area contributed by atoms with Gasteiger partial charge in [0.2, 0.25) is 0 Å². The standard InChI is InChI=1S/C11H15ClN2O2/c1-7(2)9-6-13-8(11(12)14-9)4-5-10(15)16-3/h6-7H,4-5H2,1-3H3. The Morgan fingerprint density at radius 2 is 2.25 bits per heavy atom. The maximum atomic E-state index is 11.0. The van der Waals surface area contributed by atoms with E-state index >= 15 is 0 Å². The van der Waals surface area contributed by atoms with E-state index in [2.05, 4.69) is 14.7 Å². The first-order valence-corrected chi connectivity index (χ1v) is 5.50. The van der Waals surface area contributed by atoms with Crippen LogP contribution in [0, 0.1) is 0 Å². The number of methoxy groups -OCH3 is 1. The number of hydrogen-bond acceptors (Lipinski definition) is 4. The van der Waals surface area contributed by atoms with E-state index in [1.807, 2.05) is 13.8 Å². The number of nitrogens with zero attached hydrogens (tertiary/aromatic N) is 2. The van der Waals surface area contributed by atoms with Crippen LogP contribution in [-0.2, 0) is 16.0 Å². The lowest BCUT2D eigenvalue weighted by atomic mass is 10.1. The smallest absolute Gasteiger partial charge is 0.305 e. The summed E-state index contributed by atoms with van der Waals surface area (Å²) in [6, 6.07) is 0. The molecule has 0 aliphatic heterocycles. The molecule has 0 spiro atoms. The highest BCUT2D eigenvalue weighted by molar-refractivity contribution is 6.30. The molecule has 0 N–H and O–H groups in total. The normalized spacial score (nSPS) is 10.6. The van der Waals surface area contributed by atoms with E-state index in [-0.39, 0.29) is 12.4 Å². The zero-order chi connectivity index (χ0) is 12.1. The Labute approximate surface area is 100 Å². The Morgan fingerprint density at radius 1 is 1.56 bits per heavy atom. The molecule has 0 bridgehead atoms. The van der Waals surface area contributed by atoms with Crippen LogP contribution in [-0.4, -0.2) is 23.0 Å². The molecule has 0 fully saturated rings. The van der Waals surface area contributed by atoms with Crippen molar-refractivity contribution in [3.8, 4) is 0 Å². The third kappa shape index (κ3) is 3.45. The zero-order valence-corrected chi connectivity index (χ0v) is 10.4. The third-order valence-electron chi connectivity index (χ3n) is 2.20. The topological polar surface area (TPSA) is 52.1 Å². The lowest BCUT2D eigenvalue weighted by molar-refractivity contribution is -0.140. The highest BCUT2D eigenvalue weighted by atomic mass is 35.5. The molecule has 1 aromatic rings. The van der Waals surface area contributed by atoms with Crippen molar-refractivity contribution in [1.82, 2.24) is 9.97 Å². The molecule has 0 saturated heterocycles. The minimum absolute atomic E-state index is 0.270. The summed E-state index contributed by atoms with van der Waals surface area (Å²) in [5, 5.41) is 0.370. The fraction of sp³-hybridized carbons (Fsp3) is 0.545. The summed E-state index contributed by atoms with van der Waals surface area (Å²) in [4.78, 5) is 19.4. The summed E-state index contributed by atoms with van der Waals surface area (Å²) >= 11 is 5.97. The first-order chi connectivity index (χ1) is 7.54. The van der Waals surface area contributed by atoms with Crippen molar-refractivity contribution in [3.63, 3.8) is 0 Å². The van der Waals surface area contributed by atoms with Crippen LogP contribution in [0.15, 0.2) is 6.20 Å². The number of aromatic nitrogens is 2. The van der Waals surface area contributed by atoms with Crippen LogP contribution in [0.4, 0.5) is 0 Å². The van der Waals surface area contributed by atoms with Crippen LogP contribution in [0.3, 0.4) is 0 Å². The van der Waals surface area contributed by atoms with Crippen molar-refractivity contribution < 1.29 is 9.53 Å². The van der Waals surface area contributed by atoms with Crippen LogP contribution < -0.4 is 0 Å². The molecule has 1 heterocycles. The third-order valence-corrected chi connectivity index (χ3v) is 2.51. The number of hydrogen-bond donors (Lipinski definition) is 0. The number of carbonyl (C=O) groups is 1. The van der Waals surface area contributed by atoms with E-state index in [1.165, 1.54) is 7.11 Å². The van der Waals surface area contributed by atoms with E-state index < -0.39 is 0 Å². The first-order valence-electron chi connectivity index (χ1n) is 5.12. The minimum Gasteiger partial charge on any atom is -0.469 e. The largest absolute Gasteiger partial charge is 0.469 e. The van der Waals surface area contributed by atoms with Gasteiger partial charge in [0, 0.05) is 12.6 Å². The molecule has 4 nitrogen and oxygen atoms in total. The molecule has 1 rings (SSSR count). The van der Waals surface area contributed by atoms with Gasteiger partial charge in [-0.2, -0.15) is 0 Å². The number of carbonyl (C=O) groups excluding carboxylic acids is 1. The van der Waals surface area contributed by atoms with Gasteiger partial charge in [-0.3, -0.25) is 9.78 Å². The molecule has 0 unspecified atom stereocenters. The predicted molar refractivity (Wildman–Crippen MR) is 61.5 cm³/mol. The van der Waals surface area contributed by atoms with Gasteiger partial charge in [0.1, 0.15) is 0 Å². The lowest BCUT2D eigenvalue weighted by Crippen LogP contribution is -2.05. The summed E-state index contributed by atoms with van der Waals surface area (Å²) < 4.78 is 4.54. The van der Waals surface area contributed by atoms with Gasteiger partial charge in [-0.1, -0.05) is 25.4 Å². The Morgan fingerprint density at radius 3 is 2.75 bits per heavy atom. The molecular formula is C11H15ClN2O2. The highest BCUT2D eigenvalue weighted by Crippen LogP contribution is 2.17. The van der Waals surface area contributed by atoms with Crippen molar-refractivity contribution in [2.75, 3.05) is 7.11 Å². The molecule has 0 aliphatic rings. The molecule has 16 heavy (non-hydrogen) atoms. The second-order valence-electron chi connectivity index (χ2n) is 3.76. The maximum absolute atomic E-state index is 11.0. The van der Waals surface area contributed by atoms with Crippen LogP contribution in [0.1, 0.15) is 37.6 Å². The molecular weight excluding hydrogens is 228 g/mol. The van der Waals surface area contributed by atoms with E-state index in [0.717, 1.165) is 5.69 Å². The lowest BCUT2D eigenvalue weighted by Gasteiger charge is -2.07. The summed E-state index contributed by atoms with van der Waals surface area (Å²) in [5.41, 5.74) is 1.49. The highest BCUT2D eigenvalue weighted by Gasteiger charge is 2.10. The number of ether oxygens (including phenoxy) is 1. The predicted octanol–water partition coefficient (Wildman–Crippen LogP) is 2.36. The number of esters is 1. The Hall–Kier alpha value is -1.16. The average molecular weight is 243 g/mol. The van der Waals surface area contributed by atoms with Crippen molar-refractivity contribution >= 4 is 17.6 Å². The molecule has 0 atom stereocenters. The second kappa shape index (κ2) is 5.80. The Kier molecular flexibility index (Phi) is 4.68. The fourth-order valence-corrected chi connectivity index (χ4v) is 1.41. The van der Waals surface area contributed by atoms with Crippen LogP contribution >= 0.6 is 11.6 Å². The van der Waals surface area contributed by atoms with Gasteiger partial charge in [-0.05, 0) is 5.92 Å². The molecule has 0 amide bonds. The molecule has 0 saturated carbocycles. The molecule has 88 valence electrons. The van der Waals surface area contributed by atoms with Gasteiger partial charge in [0.15, 0.2) is 5.15 Å². The molecule has 1 aromatic heterocycles. The molecule has 5 heteroatoms. The summed E-state index contributed by atoms with van der Waals surface area (Å²) in [7, 11) is 1.36. The SMILES string of the molecule is COC(=O)CCc1ncc(C(C)C)nc1Cl. The number of aryl methyl sites for hydroxylation is 1. The number of halogens is 1. The molecule has 0 radical (unpaired) electrons. The molecule has 0 aliphatic carbocycles. The second-order valence-corrected chi connectivity index (χ2v) is 4.12. The van der Waals surface area contributed by atoms with Gasteiger partial charge in [0.05, 0.1) is 24.9 Å². The van der Waals surface area contributed by atoms with E-state index in [0.29, 0.717) is 23.2 Å². The quantitative estimate of drug-likeness (QED) is 0.761. The van der Waals surface area contributed by atoms with Crippen molar-refractivity contribution in [2.24, 2.45) is 0 Å². The van der Waals surface area contributed by atoms with Gasteiger partial charge in [-0.15, -0.1) is 0 Å². The van der Waals surface area contributed by atoms with Crippen molar-refractivity contribution in [1.29, 1.82) is 0 Å². The monoisotopic (exact) mass is 242 g/mol. The average Bonchev–Trinajstić information content (AvgIpc) is 2.26. The summed E-state index contributed by atoms with van der Waals surface area (Å²) in [6.45, 7) is 4.04. The van der Waals surface area contributed by atoms with Crippen molar-refractivity contribution in [2.45, 2.75) is 32.6 Å². The van der Waals surface area contributed by atoms with Gasteiger partial charge >= 0.3 is 5.97 Å². The summed E-state index contributed by atoms with van der Waals surface area (Å²) in [5.74, 6) is 0.0189. The fourth-order valence-electron chi connectivity index (χ4n) is 1.17. The number of rotatable bonds is 4. The van der Waals surface area contributed by atoms with Gasteiger partial charge in [-0.25, -0.2) is 4.98 Å². The van der Waals surface area contributed by atoms with E-state index in [4.69, 9.17) is 11.6 Å². The maximum Gasteiger partial charge on any atom is 0.305 e. The Balaban J connectivity index is 2.72.